The molecule has 25 heavy (non-hydrogen) atoms. The minimum atomic E-state index is 0.0494. The summed E-state index contributed by atoms with van der Waals surface area (Å²) in [6, 6.07) is 12.3. The molecule has 0 saturated carbocycles. The summed E-state index contributed by atoms with van der Waals surface area (Å²) < 4.78 is 1.77. The summed E-state index contributed by atoms with van der Waals surface area (Å²) in [5, 5.41) is 1.15. The molecule has 1 aliphatic rings. The first-order chi connectivity index (χ1) is 12.2. The van der Waals surface area contributed by atoms with E-state index in [9.17, 15) is 4.79 Å². The summed E-state index contributed by atoms with van der Waals surface area (Å²) in [6.45, 7) is 3.14. The maximum absolute atomic E-state index is 12.7. The number of benzene rings is 1. The highest BCUT2D eigenvalue weighted by atomic mass is 16.2. The van der Waals surface area contributed by atoms with Gasteiger partial charge in [0, 0.05) is 38.6 Å². The zero-order valence-electron chi connectivity index (χ0n) is 14.3. The van der Waals surface area contributed by atoms with Crippen LogP contribution in [-0.2, 0) is 7.05 Å². The second kappa shape index (κ2) is 6.55. The maximum Gasteiger partial charge on any atom is 0.272 e. The fraction of sp³-hybridized carbons (Fsp3) is 0.316. The third kappa shape index (κ3) is 3.07. The molecule has 6 heteroatoms. The highest BCUT2D eigenvalue weighted by molar-refractivity contribution is 5.92. The number of hydrogen-bond donors (Lipinski definition) is 0. The Morgan fingerprint density at radius 2 is 1.92 bits per heavy atom. The second-order valence-electron chi connectivity index (χ2n) is 6.38. The van der Waals surface area contributed by atoms with Crippen LogP contribution < -0.4 is 4.90 Å². The normalized spacial score (nSPS) is 15.4. The van der Waals surface area contributed by atoms with E-state index in [-0.39, 0.29) is 5.91 Å². The Labute approximate surface area is 146 Å². The molecule has 3 aromatic rings. The summed E-state index contributed by atoms with van der Waals surface area (Å²) in [5.74, 6) is 1.03. The molecule has 0 N–H and O–H groups in total. The van der Waals surface area contributed by atoms with Crippen LogP contribution in [0.3, 0.4) is 0 Å². The lowest BCUT2D eigenvalue weighted by Crippen LogP contribution is -2.36. The molecule has 0 radical (unpaired) electrons. The number of anilines is 1. The number of imidazole rings is 1. The molecule has 0 bridgehead atoms. The number of pyridine rings is 1. The number of carbonyl (C=O) groups excluding carboxylic acids is 1. The first-order valence-electron chi connectivity index (χ1n) is 8.59. The van der Waals surface area contributed by atoms with E-state index in [0.717, 1.165) is 42.8 Å². The van der Waals surface area contributed by atoms with Crippen molar-refractivity contribution in [2.24, 2.45) is 7.05 Å². The lowest BCUT2D eigenvalue weighted by molar-refractivity contribution is 0.0757. The summed E-state index contributed by atoms with van der Waals surface area (Å²) in [7, 11) is 1.85. The average molecular weight is 335 g/mol. The molecule has 1 amide bonds. The predicted molar refractivity (Wildman–Crippen MR) is 97.7 cm³/mol. The highest BCUT2D eigenvalue weighted by Crippen LogP contribution is 2.19. The second-order valence-corrected chi connectivity index (χ2v) is 6.38. The molecule has 0 unspecified atom stereocenters. The van der Waals surface area contributed by atoms with Crippen molar-refractivity contribution in [1.82, 2.24) is 19.4 Å². The maximum atomic E-state index is 12.7. The van der Waals surface area contributed by atoms with Crippen molar-refractivity contribution >= 4 is 22.6 Å². The molecule has 0 atom stereocenters. The van der Waals surface area contributed by atoms with Crippen LogP contribution in [0, 0.1) is 0 Å². The van der Waals surface area contributed by atoms with Gasteiger partial charge in [0.05, 0.1) is 18.0 Å². The van der Waals surface area contributed by atoms with Crippen LogP contribution in [0.4, 0.5) is 5.82 Å². The van der Waals surface area contributed by atoms with Crippen LogP contribution >= 0.6 is 0 Å². The molecular formula is C19H21N5O. The third-order valence-electron chi connectivity index (χ3n) is 4.73. The van der Waals surface area contributed by atoms with Gasteiger partial charge in [-0.2, -0.15) is 0 Å². The molecule has 1 fully saturated rings. The fourth-order valence-corrected chi connectivity index (χ4v) is 3.31. The predicted octanol–water partition coefficient (Wildman–Crippen LogP) is 2.32. The molecule has 1 aliphatic heterocycles. The fourth-order valence-electron chi connectivity index (χ4n) is 3.31. The zero-order valence-corrected chi connectivity index (χ0v) is 14.3. The summed E-state index contributed by atoms with van der Waals surface area (Å²) >= 11 is 0. The first-order valence-corrected chi connectivity index (χ1v) is 8.59. The lowest BCUT2D eigenvalue weighted by atomic mass is 10.2. The largest absolute Gasteiger partial charge is 0.355 e. The van der Waals surface area contributed by atoms with E-state index in [1.165, 1.54) is 0 Å². The van der Waals surface area contributed by atoms with Gasteiger partial charge in [0.2, 0.25) is 0 Å². The SMILES string of the molecule is Cn1cncc1C(=O)N1CCCN(c2ccc3ccccc3n2)CC1. The van der Waals surface area contributed by atoms with Gasteiger partial charge in [-0.25, -0.2) is 9.97 Å². The molecule has 128 valence electrons. The van der Waals surface area contributed by atoms with E-state index in [1.54, 1.807) is 17.1 Å². The van der Waals surface area contributed by atoms with Gasteiger partial charge >= 0.3 is 0 Å². The minimum Gasteiger partial charge on any atom is -0.355 e. The van der Waals surface area contributed by atoms with Crippen LogP contribution in [-0.4, -0.2) is 51.5 Å². The van der Waals surface area contributed by atoms with E-state index in [2.05, 4.69) is 28.1 Å². The van der Waals surface area contributed by atoms with Gasteiger partial charge in [-0.05, 0) is 24.6 Å². The van der Waals surface area contributed by atoms with Gasteiger partial charge in [0.15, 0.2) is 0 Å². The molecule has 6 nitrogen and oxygen atoms in total. The molecule has 3 heterocycles. The Bertz CT molecular complexity index is 903. The molecular weight excluding hydrogens is 314 g/mol. The Hall–Kier alpha value is -2.89. The van der Waals surface area contributed by atoms with Gasteiger partial charge in [0.25, 0.3) is 5.91 Å². The molecule has 0 aliphatic carbocycles. The van der Waals surface area contributed by atoms with E-state index < -0.39 is 0 Å². The van der Waals surface area contributed by atoms with Crippen LogP contribution in [0.5, 0.6) is 0 Å². The molecule has 1 saturated heterocycles. The monoisotopic (exact) mass is 335 g/mol. The zero-order chi connectivity index (χ0) is 17.2. The van der Waals surface area contributed by atoms with Crippen LogP contribution in [0.1, 0.15) is 16.9 Å². The Kier molecular flexibility index (Phi) is 4.09. The van der Waals surface area contributed by atoms with Crippen molar-refractivity contribution in [3.63, 3.8) is 0 Å². The number of hydrogen-bond acceptors (Lipinski definition) is 4. The Morgan fingerprint density at radius 1 is 1.04 bits per heavy atom. The van der Waals surface area contributed by atoms with Crippen molar-refractivity contribution < 1.29 is 4.79 Å². The van der Waals surface area contributed by atoms with Crippen molar-refractivity contribution in [2.45, 2.75) is 6.42 Å². The van der Waals surface area contributed by atoms with Crippen molar-refractivity contribution in [3.05, 3.63) is 54.6 Å². The third-order valence-corrected chi connectivity index (χ3v) is 4.73. The molecule has 4 rings (SSSR count). The van der Waals surface area contributed by atoms with Gasteiger partial charge in [0.1, 0.15) is 11.5 Å². The standard InChI is InChI=1S/C19H21N5O/c1-22-14-20-13-17(22)19(25)24-10-4-9-23(11-12-24)18-8-7-15-5-2-3-6-16(15)21-18/h2-3,5-8,13-14H,4,9-12H2,1H3. The topological polar surface area (TPSA) is 54.3 Å². The van der Waals surface area contributed by atoms with Gasteiger partial charge in [-0.3, -0.25) is 4.79 Å². The minimum absolute atomic E-state index is 0.0494. The van der Waals surface area contributed by atoms with Crippen LogP contribution in [0.2, 0.25) is 0 Å². The lowest BCUT2D eigenvalue weighted by Gasteiger charge is -2.23. The number of para-hydroxylation sites is 1. The molecule has 2 aromatic heterocycles. The van der Waals surface area contributed by atoms with Crippen molar-refractivity contribution in [2.75, 3.05) is 31.1 Å². The van der Waals surface area contributed by atoms with E-state index in [0.29, 0.717) is 12.2 Å². The quantitative estimate of drug-likeness (QED) is 0.721. The van der Waals surface area contributed by atoms with E-state index in [1.807, 2.05) is 30.1 Å². The number of amides is 1. The highest BCUT2D eigenvalue weighted by Gasteiger charge is 2.22. The number of aromatic nitrogens is 3. The van der Waals surface area contributed by atoms with E-state index >= 15 is 0 Å². The summed E-state index contributed by atoms with van der Waals surface area (Å²) in [4.78, 5) is 25.7. The number of carbonyl (C=O) groups is 1. The first kappa shape index (κ1) is 15.6. The van der Waals surface area contributed by atoms with Crippen LogP contribution in [0.15, 0.2) is 48.9 Å². The van der Waals surface area contributed by atoms with Crippen molar-refractivity contribution in [3.8, 4) is 0 Å². The number of nitrogens with zero attached hydrogens (tertiary/aromatic N) is 5. The Balaban J connectivity index is 1.50. The summed E-state index contributed by atoms with van der Waals surface area (Å²) in [5.41, 5.74) is 1.64. The Morgan fingerprint density at radius 3 is 2.76 bits per heavy atom. The van der Waals surface area contributed by atoms with Gasteiger partial charge < -0.3 is 14.4 Å². The number of aryl methyl sites for hydroxylation is 1. The number of fused-ring (bicyclic) bond motifs is 1. The molecule has 1 aromatic carbocycles. The number of rotatable bonds is 2. The van der Waals surface area contributed by atoms with Crippen LogP contribution in [0.25, 0.3) is 10.9 Å². The average Bonchev–Trinajstić information content (AvgIpc) is 2.92. The smallest absolute Gasteiger partial charge is 0.272 e. The van der Waals surface area contributed by atoms with Crippen molar-refractivity contribution in [1.29, 1.82) is 0 Å². The molecule has 0 spiro atoms. The summed E-state index contributed by atoms with van der Waals surface area (Å²) in [6.07, 6.45) is 4.23. The van der Waals surface area contributed by atoms with Gasteiger partial charge in [-0.1, -0.05) is 18.2 Å². The van der Waals surface area contributed by atoms with Gasteiger partial charge in [-0.15, -0.1) is 0 Å². The van der Waals surface area contributed by atoms with E-state index in [4.69, 9.17) is 4.98 Å².